The van der Waals surface area contributed by atoms with Crippen LogP contribution < -0.4 is 4.74 Å². The van der Waals surface area contributed by atoms with Gasteiger partial charge in [0, 0.05) is 30.2 Å². The number of benzene rings is 2. The molecule has 4 nitrogen and oxygen atoms in total. The SMILES string of the molecule is CC(C)c1ccccc1OCC(O)CN1CCOC(c2cc(F)c(Cl)cc2Cl)C1. The van der Waals surface area contributed by atoms with Gasteiger partial charge in [-0.1, -0.05) is 55.2 Å². The molecule has 1 aliphatic rings. The predicted octanol–water partition coefficient (Wildman–Crippen LogP) is 5.07. The van der Waals surface area contributed by atoms with Gasteiger partial charge in [-0.3, -0.25) is 4.90 Å². The van der Waals surface area contributed by atoms with Crippen LogP contribution in [0.1, 0.15) is 37.0 Å². The van der Waals surface area contributed by atoms with Gasteiger partial charge in [-0.05, 0) is 29.7 Å². The maximum Gasteiger partial charge on any atom is 0.142 e. The fourth-order valence-corrected chi connectivity index (χ4v) is 3.97. The molecular formula is C22H26Cl2FNO3. The minimum Gasteiger partial charge on any atom is -0.491 e. The van der Waals surface area contributed by atoms with E-state index in [2.05, 4.69) is 18.7 Å². The molecule has 0 aliphatic carbocycles. The Kier molecular flexibility index (Phi) is 7.77. The van der Waals surface area contributed by atoms with Crippen LogP contribution >= 0.6 is 23.2 Å². The van der Waals surface area contributed by atoms with Crippen molar-refractivity contribution in [2.75, 3.05) is 32.8 Å². The van der Waals surface area contributed by atoms with E-state index >= 15 is 0 Å². The highest BCUT2D eigenvalue weighted by molar-refractivity contribution is 6.35. The molecule has 0 bridgehead atoms. The Balaban J connectivity index is 1.57. The number of aliphatic hydroxyl groups is 1. The molecule has 0 radical (unpaired) electrons. The number of hydrogen-bond acceptors (Lipinski definition) is 4. The largest absolute Gasteiger partial charge is 0.491 e. The molecule has 2 atom stereocenters. The number of halogens is 3. The zero-order chi connectivity index (χ0) is 21.0. The van der Waals surface area contributed by atoms with E-state index in [1.165, 1.54) is 12.1 Å². The van der Waals surface area contributed by atoms with Crippen LogP contribution in [0.15, 0.2) is 36.4 Å². The lowest BCUT2D eigenvalue weighted by Gasteiger charge is -2.34. The average molecular weight is 442 g/mol. The Labute approximate surface area is 181 Å². The van der Waals surface area contributed by atoms with Gasteiger partial charge >= 0.3 is 0 Å². The van der Waals surface area contributed by atoms with Gasteiger partial charge in [-0.25, -0.2) is 4.39 Å². The third-order valence-electron chi connectivity index (χ3n) is 4.98. The summed E-state index contributed by atoms with van der Waals surface area (Å²) < 4.78 is 25.5. The second-order valence-corrected chi connectivity index (χ2v) is 8.38. The Hall–Kier alpha value is -1.37. The summed E-state index contributed by atoms with van der Waals surface area (Å²) in [6.07, 6.45) is -1.04. The van der Waals surface area contributed by atoms with Crippen molar-refractivity contribution >= 4 is 23.2 Å². The first-order valence-electron chi connectivity index (χ1n) is 9.73. The molecule has 0 saturated carbocycles. The molecule has 1 heterocycles. The minimum absolute atomic E-state index is 0.0133. The van der Waals surface area contributed by atoms with E-state index < -0.39 is 11.9 Å². The van der Waals surface area contributed by atoms with Gasteiger partial charge in [0.05, 0.1) is 17.7 Å². The summed E-state index contributed by atoms with van der Waals surface area (Å²) in [5.74, 6) is 0.613. The molecule has 2 aromatic rings. The first-order chi connectivity index (χ1) is 13.8. The molecule has 1 aliphatic heterocycles. The van der Waals surface area contributed by atoms with Gasteiger partial charge < -0.3 is 14.6 Å². The summed E-state index contributed by atoms with van der Waals surface area (Å²) in [4.78, 5) is 2.07. The number of β-amino-alcohol motifs (C(OH)–C–C–N with tert-alkyl or cyclic N) is 1. The molecule has 2 unspecified atom stereocenters. The van der Waals surface area contributed by atoms with Crippen molar-refractivity contribution in [2.45, 2.75) is 32.0 Å². The molecule has 2 aromatic carbocycles. The van der Waals surface area contributed by atoms with E-state index in [9.17, 15) is 9.50 Å². The van der Waals surface area contributed by atoms with Crippen LogP contribution in [-0.2, 0) is 4.74 Å². The Morgan fingerprint density at radius 2 is 2.00 bits per heavy atom. The van der Waals surface area contributed by atoms with Gasteiger partial charge in [0.15, 0.2) is 0 Å². The van der Waals surface area contributed by atoms with Gasteiger partial charge in [0.25, 0.3) is 0 Å². The Morgan fingerprint density at radius 1 is 1.24 bits per heavy atom. The van der Waals surface area contributed by atoms with Crippen molar-refractivity contribution in [2.24, 2.45) is 0 Å². The molecule has 0 aromatic heterocycles. The lowest BCUT2D eigenvalue weighted by atomic mass is 10.0. The van der Waals surface area contributed by atoms with Gasteiger partial charge in [0.1, 0.15) is 24.3 Å². The number of rotatable bonds is 7. The Bertz CT molecular complexity index is 834. The van der Waals surface area contributed by atoms with Crippen LogP contribution in [0.4, 0.5) is 4.39 Å². The smallest absolute Gasteiger partial charge is 0.142 e. The maximum atomic E-state index is 13.9. The highest BCUT2D eigenvalue weighted by atomic mass is 35.5. The fourth-order valence-electron chi connectivity index (χ4n) is 3.47. The number of morpholine rings is 1. The molecule has 3 rings (SSSR count). The molecule has 1 N–H and O–H groups in total. The number of hydrogen-bond donors (Lipinski definition) is 1. The first-order valence-corrected chi connectivity index (χ1v) is 10.5. The second kappa shape index (κ2) is 10.1. The zero-order valence-electron chi connectivity index (χ0n) is 16.6. The molecule has 7 heteroatoms. The van der Waals surface area contributed by atoms with E-state index in [-0.39, 0.29) is 17.7 Å². The summed E-state index contributed by atoms with van der Waals surface area (Å²) in [6, 6.07) is 10.6. The number of nitrogens with zero attached hydrogens (tertiary/aromatic N) is 1. The summed E-state index contributed by atoms with van der Waals surface area (Å²) in [5.41, 5.74) is 1.68. The normalized spacial score (nSPS) is 18.8. The van der Waals surface area contributed by atoms with Crippen LogP contribution in [0, 0.1) is 5.82 Å². The number of ether oxygens (including phenoxy) is 2. The summed E-state index contributed by atoms with van der Waals surface area (Å²) >= 11 is 12.0. The van der Waals surface area contributed by atoms with Crippen LogP contribution in [0.5, 0.6) is 5.75 Å². The monoisotopic (exact) mass is 441 g/mol. The lowest BCUT2D eigenvalue weighted by Crippen LogP contribution is -2.43. The highest BCUT2D eigenvalue weighted by Crippen LogP contribution is 2.32. The number of aliphatic hydroxyl groups excluding tert-OH is 1. The zero-order valence-corrected chi connectivity index (χ0v) is 18.1. The molecule has 158 valence electrons. The van der Waals surface area contributed by atoms with Gasteiger partial charge in [-0.2, -0.15) is 0 Å². The van der Waals surface area contributed by atoms with Gasteiger partial charge in [-0.15, -0.1) is 0 Å². The maximum absolute atomic E-state index is 13.9. The molecule has 0 spiro atoms. The van der Waals surface area contributed by atoms with Crippen molar-refractivity contribution in [1.82, 2.24) is 4.90 Å². The van der Waals surface area contributed by atoms with Crippen LogP contribution in [0.2, 0.25) is 10.0 Å². The topological polar surface area (TPSA) is 41.9 Å². The molecule has 29 heavy (non-hydrogen) atoms. The van der Waals surface area contributed by atoms with Crippen LogP contribution in [-0.4, -0.2) is 49.0 Å². The summed E-state index contributed by atoms with van der Waals surface area (Å²) in [7, 11) is 0. The third-order valence-corrected chi connectivity index (χ3v) is 5.60. The highest BCUT2D eigenvalue weighted by Gasteiger charge is 2.26. The van der Waals surface area contributed by atoms with Crippen molar-refractivity contribution in [3.05, 3.63) is 63.4 Å². The molecular weight excluding hydrogens is 416 g/mol. The second-order valence-electron chi connectivity index (χ2n) is 7.56. The fraction of sp³-hybridized carbons (Fsp3) is 0.455. The van der Waals surface area contributed by atoms with E-state index in [1.807, 2.05) is 24.3 Å². The quantitative estimate of drug-likeness (QED) is 0.609. The van der Waals surface area contributed by atoms with E-state index in [1.54, 1.807) is 0 Å². The van der Waals surface area contributed by atoms with E-state index in [0.717, 1.165) is 11.3 Å². The van der Waals surface area contributed by atoms with Crippen molar-refractivity contribution in [1.29, 1.82) is 0 Å². The third kappa shape index (κ3) is 5.83. The minimum atomic E-state index is -0.661. The molecule has 0 amide bonds. The summed E-state index contributed by atoms with van der Waals surface area (Å²) in [6.45, 7) is 6.48. The van der Waals surface area contributed by atoms with E-state index in [4.69, 9.17) is 32.7 Å². The molecule has 1 saturated heterocycles. The Morgan fingerprint density at radius 3 is 2.76 bits per heavy atom. The lowest BCUT2D eigenvalue weighted by molar-refractivity contribution is -0.0460. The molecule has 1 fully saturated rings. The van der Waals surface area contributed by atoms with E-state index in [0.29, 0.717) is 42.7 Å². The van der Waals surface area contributed by atoms with Crippen molar-refractivity contribution in [3.8, 4) is 5.75 Å². The van der Waals surface area contributed by atoms with Crippen molar-refractivity contribution < 1.29 is 19.0 Å². The average Bonchev–Trinajstić information content (AvgIpc) is 2.69. The van der Waals surface area contributed by atoms with Gasteiger partial charge in [0.2, 0.25) is 0 Å². The number of para-hydroxylation sites is 1. The first kappa shape index (κ1) is 22.3. The predicted molar refractivity (Wildman–Crippen MR) is 114 cm³/mol. The standard InChI is InChI=1S/C22H26Cl2FNO3/c1-14(2)16-5-3-4-6-21(16)29-13-15(27)11-26-7-8-28-22(12-26)17-9-20(25)19(24)10-18(17)23/h3-6,9-10,14-15,22,27H,7-8,11-13H2,1-2H3. The van der Waals surface area contributed by atoms with Crippen LogP contribution in [0.3, 0.4) is 0 Å². The summed E-state index contributed by atoms with van der Waals surface area (Å²) in [5, 5.41) is 10.8. The van der Waals surface area contributed by atoms with Crippen LogP contribution in [0.25, 0.3) is 0 Å². The van der Waals surface area contributed by atoms with Crippen molar-refractivity contribution in [3.63, 3.8) is 0 Å².